The van der Waals surface area contributed by atoms with Gasteiger partial charge in [0.15, 0.2) is 11.5 Å². The van der Waals surface area contributed by atoms with Gasteiger partial charge in [-0.1, -0.05) is 35.2 Å². The molecule has 2 aromatic carbocycles. The average Bonchev–Trinajstić information content (AvgIpc) is 2.96. The Morgan fingerprint density at radius 2 is 1.97 bits per heavy atom. The predicted molar refractivity (Wildman–Crippen MR) is 123 cm³/mol. The van der Waals surface area contributed by atoms with Crippen LogP contribution in [0.5, 0.6) is 11.5 Å². The van der Waals surface area contributed by atoms with Crippen molar-refractivity contribution in [2.24, 2.45) is 0 Å². The van der Waals surface area contributed by atoms with Crippen LogP contribution >= 0.6 is 50.9 Å². The number of methoxy groups -OCH3 is 1. The molecule has 0 aliphatic carbocycles. The van der Waals surface area contributed by atoms with Crippen molar-refractivity contribution in [1.82, 2.24) is 4.90 Å². The maximum atomic E-state index is 12.8. The Hall–Kier alpha value is -2.11. The summed E-state index contributed by atoms with van der Waals surface area (Å²) in [5, 5.41) is 0.380. The summed E-state index contributed by atoms with van der Waals surface area (Å²) in [4.78, 5) is 26.7. The summed E-state index contributed by atoms with van der Waals surface area (Å²) in [5.74, 6) is 2.85. The van der Waals surface area contributed by atoms with Crippen LogP contribution in [0.1, 0.15) is 11.1 Å². The van der Waals surface area contributed by atoms with Crippen molar-refractivity contribution in [1.29, 1.82) is 0 Å². The van der Waals surface area contributed by atoms with Crippen LogP contribution in [-0.2, 0) is 11.3 Å². The van der Waals surface area contributed by atoms with Crippen molar-refractivity contribution in [3.63, 3.8) is 0 Å². The van der Waals surface area contributed by atoms with Crippen molar-refractivity contribution in [3.05, 3.63) is 60.9 Å². The highest BCUT2D eigenvalue weighted by atomic mass is 79.9. The first-order valence-corrected chi connectivity index (χ1v) is 10.8. The van der Waals surface area contributed by atoms with E-state index in [1.54, 1.807) is 36.4 Å². The smallest absolute Gasteiger partial charge is 0.293 e. The number of nitrogens with zero attached hydrogens (tertiary/aromatic N) is 1. The highest BCUT2D eigenvalue weighted by Gasteiger charge is 2.35. The summed E-state index contributed by atoms with van der Waals surface area (Å²) in [6, 6.07) is 8.45. The van der Waals surface area contributed by atoms with E-state index in [0.717, 1.165) is 16.7 Å². The third-order valence-corrected chi connectivity index (χ3v) is 6.31. The summed E-state index contributed by atoms with van der Waals surface area (Å²) < 4.78 is 11.4. The fraction of sp³-hybridized carbons (Fsp3) is 0.143. The quantitative estimate of drug-likeness (QED) is 0.340. The van der Waals surface area contributed by atoms with Crippen molar-refractivity contribution in [3.8, 4) is 23.8 Å². The molecule has 1 saturated heterocycles. The number of terminal acetylenes is 1. The number of imide groups is 1. The van der Waals surface area contributed by atoms with Crippen LogP contribution in [-0.4, -0.2) is 29.8 Å². The topological polar surface area (TPSA) is 55.8 Å². The first kappa shape index (κ1) is 22.6. The molecular formula is C21H14BrCl2NO4S. The molecule has 1 aliphatic rings. The predicted octanol–water partition coefficient (Wildman–Crippen LogP) is 6.01. The van der Waals surface area contributed by atoms with Gasteiger partial charge in [-0.15, -0.1) is 6.42 Å². The minimum absolute atomic E-state index is 0.00754. The zero-order valence-corrected chi connectivity index (χ0v) is 19.5. The standard InChI is InChI=1S/C21H14BrCl2NO4S/c1-3-7-29-19-14(22)8-12(9-17(19)28-2)10-18-20(26)25(21(27)30-18)11-13-15(23)5-4-6-16(13)24/h1,4-6,8-10H,7,11H2,2H3/b18-10-. The third-order valence-electron chi connectivity index (χ3n) is 4.10. The lowest BCUT2D eigenvalue weighted by Crippen LogP contribution is -2.27. The fourth-order valence-electron chi connectivity index (χ4n) is 2.71. The number of rotatable bonds is 6. The van der Waals surface area contributed by atoms with Gasteiger partial charge in [0.05, 0.1) is 23.0 Å². The lowest BCUT2D eigenvalue weighted by molar-refractivity contribution is -0.123. The fourth-order valence-corrected chi connectivity index (χ4v) is 4.64. The number of hydrogen-bond acceptors (Lipinski definition) is 5. The lowest BCUT2D eigenvalue weighted by Gasteiger charge is -2.14. The molecule has 154 valence electrons. The van der Waals surface area contributed by atoms with Crippen molar-refractivity contribution < 1.29 is 19.1 Å². The number of thioether (sulfide) groups is 1. The third kappa shape index (κ3) is 4.79. The number of carbonyl (C=O) groups excluding carboxylic acids is 2. The van der Waals surface area contributed by atoms with Crippen molar-refractivity contribution in [2.45, 2.75) is 6.54 Å². The van der Waals surface area contributed by atoms with Crippen LogP contribution in [0.15, 0.2) is 39.7 Å². The molecule has 1 heterocycles. The second kappa shape index (κ2) is 9.80. The van der Waals surface area contributed by atoms with Gasteiger partial charge in [-0.2, -0.15) is 0 Å². The molecule has 0 atom stereocenters. The van der Waals surface area contributed by atoms with Gasteiger partial charge in [-0.25, -0.2) is 0 Å². The maximum Gasteiger partial charge on any atom is 0.293 e. The van der Waals surface area contributed by atoms with E-state index < -0.39 is 11.1 Å². The molecular weight excluding hydrogens is 513 g/mol. The van der Waals surface area contributed by atoms with Crippen LogP contribution in [0.25, 0.3) is 6.08 Å². The Kier molecular flexibility index (Phi) is 7.37. The van der Waals surface area contributed by atoms with Gasteiger partial charge in [0.25, 0.3) is 11.1 Å². The van der Waals surface area contributed by atoms with E-state index in [9.17, 15) is 9.59 Å². The summed E-state index contributed by atoms with van der Waals surface area (Å²) in [6.07, 6.45) is 6.85. The van der Waals surface area contributed by atoms with E-state index in [1.165, 1.54) is 7.11 Å². The summed E-state index contributed by atoms with van der Waals surface area (Å²) in [6.45, 7) is 0.0736. The van der Waals surface area contributed by atoms with Crippen LogP contribution in [0.4, 0.5) is 4.79 Å². The van der Waals surface area contributed by atoms with E-state index in [1.807, 2.05) is 0 Å². The number of carbonyl (C=O) groups is 2. The number of benzene rings is 2. The Balaban J connectivity index is 1.88. The van der Waals surface area contributed by atoms with Gasteiger partial charge in [0.2, 0.25) is 0 Å². The number of hydrogen-bond donors (Lipinski definition) is 0. The van der Waals surface area contributed by atoms with Gasteiger partial charge in [0.1, 0.15) is 6.61 Å². The lowest BCUT2D eigenvalue weighted by atomic mass is 10.1. The Morgan fingerprint density at radius 1 is 1.27 bits per heavy atom. The highest BCUT2D eigenvalue weighted by Crippen LogP contribution is 2.40. The highest BCUT2D eigenvalue weighted by molar-refractivity contribution is 9.10. The molecule has 3 rings (SSSR count). The molecule has 0 unspecified atom stereocenters. The molecule has 2 amide bonds. The molecule has 0 aromatic heterocycles. The monoisotopic (exact) mass is 525 g/mol. The molecule has 1 aliphatic heterocycles. The Morgan fingerprint density at radius 3 is 2.60 bits per heavy atom. The molecule has 9 heteroatoms. The summed E-state index contributed by atoms with van der Waals surface area (Å²) in [5.41, 5.74) is 1.16. The largest absolute Gasteiger partial charge is 0.493 e. The minimum Gasteiger partial charge on any atom is -0.493 e. The first-order chi connectivity index (χ1) is 14.3. The first-order valence-electron chi connectivity index (χ1n) is 8.47. The van der Waals surface area contributed by atoms with Gasteiger partial charge >= 0.3 is 0 Å². The molecule has 1 fully saturated rings. The summed E-state index contributed by atoms with van der Waals surface area (Å²) >= 11 is 16.6. The second-order valence-corrected chi connectivity index (χ2v) is 8.66. The van der Waals surface area contributed by atoms with E-state index in [2.05, 4.69) is 21.9 Å². The van der Waals surface area contributed by atoms with E-state index >= 15 is 0 Å². The van der Waals surface area contributed by atoms with E-state index in [4.69, 9.17) is 39.1 Å². The average molecular weight is 527 g/mol. The number of halogens is 3. The van der Waals surface area contributed by atoms with Crippen molar-refractivity contribution in [2.75, 3.05) is 13.7 Å². The Labute approximate surface area is 196 Å². The SMILES string of the molecule is C#CCOc1c(Br)cc(/C=C2\SC(=O)N(Cc3c(Cl)cccc3Cl)C2=O)cc1OC. The van der Waals surface area contributed by atoms with Gasteiger partial charge in [0, 0.05) is 15.6 Å². The van der Waals surface area contributed by atoms with Crippen LogP contribution < -0.4 is 9.47 Å². The normalized spacial score (nSPS) is 14.9. The molecule has 0 radical (unpaired) electrons. The molecule has 0 N–H and O–H groups in total. The van der Waals surface area contributed by atoms with E-state index in [-0.39, 0.29) is 18.1 Å². The molecule has 0 bridgehead atoms. The van der Waals surface area contributed by atoms with Crippen LogP contribution in [0.3, 0.4) is 0 Å². The van der Waals surface area contributed by atoms with Crippen LogP contribution in [0.2, 0.25) is 10.0 Å². The molecule has 0 saturated carbocycles. The Bertz CT molecular complexity index is 1080. The maximum absolute atomic E-state index is 12.8. The molecule has 5 nitrogen and oxygen atoms in total. The molecule has 30 heavy (non-hydrogen) atoms. The van der Waals surface area contributed by atoms with Gasteiger partial charge in [-0.3, -0.25) is 14.5 Å². The molecule has 0 spiro atoms. The van der Waals surface area contributed by atoms with Gasteiger partial charge in [-0.05, 0) is 63.6 Å². The zero-order chi connectivity index (χ0) is 21.8. The zero-order valence-electron chi connectivity index (χ0n) is 15.6. The molecule has 2 aromatic rings. The van der Waals surface area contributed by atoms with Crippen LogP contribution in [0, 0.1) is 12.3 Å². The van der Waals surface area contributed by atoms with E-state index in [0.29, 0.717) is 37.1 Å². The number of amides is 2. The minimum atomic E-state index is -0.427. The number of ether oxygens (including phenoxy) is 2. The second-order valence-electron chi connectivity index (χ2n) is 5.99. The van der Waals surface area contributed by atoms with Crippen molar-refractivity contribution >= 4 is 68.1 Å². The summed E-state index contributed by atoms with van der Waals surface area (Å²) in [7, 11) is 1.50. The van der Waals surface area contributed by atoms with Gasteiger partial charge < -0.3 is 9.47 Å².